The Balaban J connectivity index is 1.75. The van der Waals surface area contributed by atoms with Gasteiger partial charge >= 0.3 is 5.97 Å². The molecule has 396 valence electrons. The van der Waals surface area contributed by atoms with Crippen LogP contribution in [0.4, 0.5) is 0 Å². The SMILES string of the molecule is CCCCCCCC/C=C\CCCCCCCCOCC(COC1OC(COC2OC(CO)C(O)C(O)C2O)C(O)C(O)C1O)OC(=O)CCCCCCCCCCCCCCCCCCC. The molecule has 14 heteroatoms. The molecule has 2 rings (SSSR count). The van der Waals surface area contributed by atoms with E-state index < -0.39 is 80.7 Å². The number of rotatable bonds is 44. The Morgan fingerprint density at radius 1 is 0.478 bits per heavy atom. The summed E-state index contributed by atoms with van der Waals surface area (Å²) in [7, 11) is 0. The maximum Gasteiger partial charge on any atom is 0.306 e. The first kappa shape index (κ1) is 61.8. The lowest BCUT2D eigenvalue weighted by molar-refractivity contribution is -0.332. The first-order chi connectivity index (χ1) is 32.6. The van der Waals surface area contributed by atoms with Crippen LogP contribution < -0.4 is 0 Å². The topological polar surface area (TPSA) is 214 Å². The van der Waals surface area contributed by atoms with Gasteiger partial charge < -0.3 is 64.2 Å². The van der Waals surface area contributed by atoms with Crippen molar-refractivity contribution in [2.24, 2.45) is 0 Å². The van der Waals surface area contributed by atoms with E-state index in [1.54, 1.807) is 0 Å². The first-order valence-electron chi connectivity index (χ1n) is 27.3. The number of unbranched alkanes of at least 4 members (excludes halogenated alkanes) is 28. The van der Waals surface area contributed by atoms with Crippen LogP contribution in [0.15, 0.2) is 12.2 Å². The predicted octanol–water partition coefficient (Wildman–Crippen LogP) is 8.63. The summed E-state index contributed by atoms with van der Waals surface area (Å²) in [5.74, 6) is -0.373. The average molecular weight is 961 g/mol. The van der Waals surface area contributed by atoms with Crippen molar-refractivity contribution < 1.29 is 69.0 Å². The summed E-state index contributed by atoms with van der Waals surface area (Å²) in [6.45, 7) is 3.71. The van der Waals surface area contributed by atoms with E-state index in [1.807, 2.05) is 0 Å². The lowest BCUT2D eigenvalue weighted by Crippen LogP contribution is -2.61. The highest BCUT2D eigenvalue weighted by Gasteiger charge is 2.47. The minimum atomic E-state index is -1.70. The second-order valence-electron chi connectivity index (χ2n) is 19.4. The van der Waals surface area contributed by atoms with Gasteiger partial charge in [-0.1, -0.05) is 187 Å². The monoisotopic (exact) mass is 961 g/mol. The molecule has 0 bridgehead atoms. The Morgan fingerprint density at radius 3 is 1.36 bits per heavy atom. The molecule has 11 atom stereocenters. The third-order valence-corrected chi connectivity index (χ3v) is 13.3. The Bertz CT molecular complexity index is 1160. The molecule has 11 unspecified atom stereocenters. The van der Waals surface area contributed by atoms with E-state index in [9.17, 15) is 40.5 Å². The molecule has 2 heterocycles. The van der Waals surface area contributed by atoms with Crippen LogP contribution in [0.2, 0.25) is 0 Å². The summed E-state index contributed by atoms with van der Waals surface area (Å²) >= 11 is 0. The molecule has 0 aliphatic carbocycles. The average Bonchev–Trinajstić information content (AvgIpc) is 3.32. The summed E-state index contributed by atoms with van der Waals surface area (Å²) in [6, 6.07) is 0. The molecular weight excluding hydrogens is 861 g/mol. The quantitative estimate of drug-likeness (QED) is 0.0173. The molecule has 2 aliphatic rings. The van der Waals surface area contributed by atoms with Gasteiger partial charge in [-0.25, -0.2) is 0 Å². The fourth-order valence-corrected chi connectivity index (χ4v) is 8.81. The van der Waals surface area contributed by atoms with Crippen LogP contribution in [0.25, 0.3) is 0 Å². The molecule has 2 saturated heterocycles. The van der Waals surface area contributed by atoms with Crippen molar-refractivity contribution in [2.45, 2.75) is 287 Å². The highest BCUT2D eigenvalue weighted by molar-refractivity contribution is 5.69. The number of ether oxygens (including phenoxy) is 6. The number of carbonyl (C=O) groups is 1. The Morgan fingerprint density at radius 2 is 0.881 bits per heavy atom. The largest absolute Gasteiger partial charge is 0.457 e. The molecule has 67 heavy (non-hydrogen) atoms. The number of esters is 1. The van der Waals surface area contributed by atoms with Crippen LogP contribution in [0, 0.1) is 0 Å². The van der Waals surface area contributed by atoms with Crippen LogP contribution in [-0.2, 0) is 33.2 Å². The van der Waals surface area contributed by atoms with E-state index in [4.69, 9.17) is 28.4 Å². The van der Waals surface area contributed by atoms with Gasteiger partial charge in [0.15, 0.2) is 12.6 Å². The van der Waals surface area contributed by atoms with Crippen molar-refractivity contribution in [1.29, 1.82) is 0 Å². The van der Waals surface area contributed by atoms with Gasteiger partial charge in [-0.15, -0.1) is 0 Å². The zero-order valence-corrected chi connectivity index (χ0v) is 42.2. The predicted molar refractivity (Wildman–Crippen MR) is 261 cm³/mol. The van der Waals surface area contributed by atoms with Gasteiger partial charge in [-0.3, -0.25) is 4.79 Å². The van der Waals surface area contributed by atoms with Crippen molar-refractivity contribution in [3.63, 3.8) is 0 Å². The van der Waals surface area contributed by atoms with Crippen molar-refractivity contribution in [3.05, 3.63) is 12.2 Å². The zero-order chi connectivity index (χ0) is 48.7. The minimum Gasteiger partial charge on any atom is -0.457 e. The highest BCUT2D eigenvalue weighted by atomic mass is 16.7. The molecule has 0 radical (unpaired) electrons. The molecule has 0 aromatic heterocycles. The van der Waals surface area contributed by atoms with Crippen LogP contribution in [0.1, 0.15) is 219 Å². The van der Waals surface area contributed by atoms with Gasteiger partial charge in [0.25, 0.3) is 0 Å². The van der Waals surface area contributed by atoms with E-state index in [2.05, 4.69) is 26.0 Å². The fourth-order valence-electron chi connectivity index (χ4n) is 8.81. The zero-order valence-electron chi connectivity index (χ0n) is 42.2. The van der Waals surface area contributed by atoms with E-state index >= 15 is 0 Å². The van der Waals surface area contributed by atoms with Gasteiger partial charge in [0, 0.05) is 13.0 Å². The van der Waals surface area contributed by atoms with E-state index in [-0.39, 0.29) is 25.6 Å². The van der Waals surface area contributed by atoms with Gasteiger partial charge in [-0.05, 0) is 38.5 Å². The summed E-state index contributed by atoms with van der Waals surface area (Å²) in [4.78, 5) is 13.0. The van der Waals surface area contributed by atoms with Crippen molar-refractivity contribution >= 4 is 5.97 Å². The second kappa shape index (κ2) is 41.4. The van der Waals surface area contributed by atoms with Crippen LogP contribution in [0.5, 0.6) is 0 Å². The summed E-state index contributed by atoms with van der Waals surface area (Å²) in [6.07, 6.45) is 27.0. The van der Waals surface area contributed by atoms with Crippen molar-refractivity contribution in [3.8, 4) is 0 Å². The molecule has 0 amide bonds. The van der Waals surface area contributed by atoms with Crippen LogP contribution in [0.3, 0.4) is 0 Å². The molecule has 2 fully saturated rings. The number of aliphatic hydroxyl groups excluding tert-OH is 7. The van der Waals surface area contributed by atoms with E-state index in [1.165, 1.54) is 148 Å². The summed E-state index contributed by atoms with van der Waals surface area (Å²) < 4.78 is 34.3. The lowest BCUT2D eigenvalue weighted by atomic mass is 9.98. The van der Waals surface area contributed by atoms with Gasteiger partial charge in [0.2, 0.25) is 0 Å². The van der Waals surface area contributed by atoms with Crippen molar-refractivity contribution in [1.82, 2.24) is 0 Å². The standard InChI is InChI=1S/C53H100O14/c1-3-5-7-9-11-13-15-17-19-21-22-24-26-28-30-32-34-36-45(55)65-42(39-62-37-35-33-31-29-27-25-23-20-18-16-14-12-10-8-6-4-2)40-63-52-51(61)49(59)47(57)44(67-52)41-64-53-50(60)48(58)46(56)43(38-54)66-53/h18,20,42-44,46-54,56-61H,3-17,19,21-41H2,1-2H3/b20-18-. The maximum atomic E-state index is 13.0. The molecule has 2 aliphatic heterocycles. The second-order valence-corrected chi connectivity index (χ2v) is 19.4. The molecule has 0 spiro atoms. The first-order valence-corrected chi connectivity index (χ1v) is 27.3. The lowest BCUT2D eigenvalue weighted by Gasteiger charge is -2.42. The smallest absolute Gasteiger partial charge is 0.306 e. The van der Waals surface area contributed by atoms with E-state index in [0.717, 1.165) is 44.9 Å². The maximum absolute atomic E-state index is 13.0. The number of allylic oxidation sites excluding steroid dienone is 2. The highest BCUT2D eigenvalue weighted by Crippen LogP contribution is 2.27. The Hall–Kier alpha value is -1.27. The molecule has 0 aromatic rings. The third-order valence-electron chi connectivity index (χ3n) is 13.3. The number of hydrogen-bond acceptors (Lipinski definition) is 14. The van der Waals surface area contributed by atoms with Gasteiger partial charge in [0.1, 0.15) is 54.9 Å². The molecule has 7 N–H and O–H groups in total. The van der Waals surface area contributed by atoms with Crippen LogP contribution >= 0.6 is 0 Å². The third kappa shape index (κ3) is 29.0. The molecule has 14 nitrogen and oxygen atoms in total. The summed E-state index contributed by atoms with van der Waals surface area (Å²) in [5.41, 5.74) is 0. The molecular formula is C53H100O14. The molecule has 0 aromatic carbocycles. The normalized spacial score (nSPS) is 26.1. The fraction of sp³-hybridized carbons (Fsp3) is 0.943. The minimum absolute atomic E-state index is 0.0630. The number of hydrogen-bond donors (Lipinski definition) is 7. The number of aliphatic hydroxyl groups is 7. The number of carbonyl (C=O) groups excluding carboxylic acids is 1. The van der Waals surface area contributed by atoms with E-state index in [0.29, 0.717) is 13.0 Å². The van der Waals surface area contributed by atoms with Crippen LogP contribution in [-0.4, -0.2) is 142 Å². The Labute approximate surface area is 405 Å². The van der Waals surface area contributed by atoms with Crippen molar-refractivity contribution in [2.75, 3.05) is 33.0 Å². The molecule has 0 saturated carbocycles. The van der Waals surface area contributed by atoms with Gasteiger partial charge in [0.05, 0.1) is 26.4 Å². The Kier molecular flexibility index (Phi) is 38.2. The van der Waals surface area contributed by atoms with Gasteiger partial charge in [-0.2, -0.15) is 0 Å². The summed E-state index contributed by atoms with van der Waals surface area (Å²) in [5, 5.41) is 72.2.